The van der Waals surface area contributed by atoms with E-state index in [4.69, 9.17) is 5.73 Å². The van der Waals surface area contributed by atoms with Gasteiger partial charge in [0.1, 0.15) is 0 Å². The normalized spacial score (nSPS) is 19.5. The Bertz CT molecular complexity index is 476. The molecular weight excluding hydrogens is 286 g/mol. The van der Waals surface area contributed by atoms with Gasteiger partial charge in [0.15, 0.2) is 0 Å². The van der Waals surface area contributed by atoms with Crippen molar-refractivity contribution in [3.8, 4) is 0 Å². The van der Waals surface area contributed by atoms with Crippen molar-refractivity contribution in [1.82, 2.24) is 10.2 Å². The standard InChI is InChI=1S/C19H31N3O/c1-3-19(4-2,15-20)18(23)21-17-11-8-12-22(14-17)13-16-9-6-5-7-10-16/h5-7,9-10,17H,3-4,8,11-15,20H2,1-2H3,(H,21,23). The second-order valence-corrected chi connectivity index (χ2v) is 6.72. The summed E-state index contributed by atoms with van der Waals surface area (Å²) in [5, 5.41) is 3.27. The van der Waals surface area contributed by atoms with Crippen molar-refractivity contribution in [2.24, 2.45) is 11.1 Å². The summed E-state index contributed by atoms with van der Waals surface area (Å²) in [5.41, 5.74) is 6.82. The molecule has 0 radical (unpaired) electrons. The molecule has 128 valence electrons. The van der Waals surface area contributed by atoms with Crippen molar-refractivity contribution in [2.75, 3.05) is 19.6 Å². The topological polar surface area (TPSA) is 58.4 Å². The number of benzene rings is 1. The average molecular weight is 317 g/mol. The van der Waals surface area contributed by atoms with Crippen LogP contribution >= 0.6 is 0 Å². The van der Waals surface area contributed by atoms with E-state index in [0.29, 0.717) is 6.54 Å². The number of carbonyl (C=O) groups excluding carboxylic acids is 1. The predicted octanol–water partition coefficient (Wildman–Crippen LogP) is 2.53. The zero-order valence-corrected chi connectivity index (χ0v) is 14.6. The van der Waals surface area contributed by atoms with E-state index in [1.807, 2.05) is 6.07 Å². The molecule has 1 heterocycles. The Balaban J connectivity index is 1.92. The number of piperidine rings is 1. The summed E-state index contributed by atoms with van der Waals surface area (Å²) in [6.07, 6.45) is 3.79. The van der Waals surface area contributed by atoms with Crippen LogP contribution in [0.15, 0.2) is 30.3 Å². The van der Waals surface area contributed by atoms with Gasteiger partial charge in [-0.05, 0) is 37.8 Å². The summed E-state index contributed by atoms with van der Waals surface area (Å²) in [7, 11) is 0. The van der Waals surface area contributed by atoms with Crippen LogP contribution in [-0.2, 0) is 11.3 Å². The Kier molecular flexibility index (Phi) is 6.60. The van der Waals surface area contributed by atoms with E-state index in [2.05, 4.69) is 48.3 Å². The minimum Gasteiger partial charge on any atom is -0.352 e. The Hall–Kier alpha value is -1.39. The minimum atomic E-state index is -0.401. The molecule has 2 rings (SSSR count). The molecule has 23 heavy (non-hydrogen) atoms. The highest BCUT2D eigenvalue weighted by Crippen LogP contribution is 2.26. The number of nitrogens with zero attached hydrogens (tertiary/aromatic N) is 1. The van der Waals surface area contributed by atoms with Crippen LogP contribution in [0.2, 0.25) is 0 Å². The van der Waals surface area contributed by atoms with Crippen molar-refractivity contribution in [3.05, 3.63) is 35.9 Å². The van der Waals surface area contributed by atoms with Crippen molar-refractivity contribution in [3.63, 3.8) is 0 Å². The zero-order valence-electron chi connectivity index (χ0n) is 14.6. The molecular formula is C19H31N3O. The molecule has 4 nitrogen and oxygen atoms in total. The summed E-state index contributed by atoms with van der Waals surface area (Å²) in [5.74, 6) is 0.136. The molecule has 1 aromatic carbocycles. The van der Waals surface area contributed by atoms with Gasteiger partial charge in [0.2, 0.25) is 5.91 Å². The Morgan fingerprint density at radius 3 is 2.61 bits per heavy atom. The fourth-order valence-electron chi connectivity index (χ4n) is 3.45. The molecule has 3 N–H and O–H groups in total. The lowest BCUT2D eigenvalue weighted by molar-refractivity contribution is -0.132. The predicted molar refractivity (Wildman–Crippen MR) is 95.0 cm³/mol. The molecule has 1 amide bonds. The first-order chi connectivity index (χ1) is 11.1. The van der Waals surface area contributed by atoms with E-state index in [1.54, 1.807) is 0 Å². The lowest BCUT2D eigenvalue weighted by Crippen LogP contribution is -2.53. The lowest BCUT2D eigenvalue weighted by Gasteiger charge is -2.36. The van der Waals surface area contributed by atoms with Crippen LogP contribution in [0.1, 0.15) is 45.1 Å². The van der Waals surface area contributed by atoms with Crippen LogP contribution in [0.25, 0.3) is 0 Å². The SMILES string of the molecule is CCC(CC)(CN)C(=O)NC1CCCN(Cc2ccccc2)C1. The number of rotatable bonds is 7. The molecule has 0 bridgehead atoms. The summed E-state index contributed by atoms with van der Waals surface area (Å²) < 4.78 is 0. The molecule has 1 atom stereocenters. The molecule has 1 unspecified atom stereocenters. The quantitative estimate of drug-likeness (QED) is 0.812. The Morgan fingerprint density at radius 2 is 2.00 bits per heavy atom. The molecule has 1 aliphatic heterocycles. The van der Waals surface area contributed by atoms with Gasteiger partial charge in [-0.3, -0.25) is 9.69 Å². The van der Waals surface area contributed by atoms with Crippen LogP contribution in [0.3, 0.4) is 0 Å². The molecule has 0 saturated carbocycles. The largest absolute Gasteiger partial charge is 0.352 e. The van der Waals surface area contributed by atoms with E-state index in [-0.39, 0.29) is 11.9 Å². The highest BCUT2D eigenvalue weighted by molar-refractivity contribution is 5.83. The van der Waals surface area contributed by atoms with Gasteiger partial charge in [-0.15, -0.1) is 0 Å². The van der Waals surface area contributed by atoms with Crippen molar-refractivity contribution < 1.29 is 4.79 Å². The van der Waals surface area contributed by atoms with Gasteiger partial charge in [-0.2, -0.15) is 0 Å². The van der Waals surface area contributed by atoms with Crippen molar-refractivity contribution in [2.45, 2.75) is 52.1 Å². The monoisotopic (exact) mass is 317 g/mol. The Morgan fingerprint density at radius 1 is 1.30 bits per heavy atom. The van der Waals surface area contributed by atoms with Gasteiger partial charge in [0, 0.05) is 25.7 Å². The lowest BCUT2D eigenvalue weighted by atomic mass is 9.81. The van der Waals surface area contributed by atoms with Crippen LogP contribution < -0.4 is 11.1 Å². The summed E-state index contributed by atoms with van der Waals surface area (Å²) in [4.78, 5) is 15.1. The maximum Gasteiger partial charge on any atom is 0.227 e. The molecule has 1 aromatic rings. The number of hydrogen-bond acceptors (Lipinski definition) is 3. The number of nitrogens with one attached hydrogen (secondary N) is 1. The van der Waals surface area contributed by atoms with E-state index in [9.17, 15) is 4.79 Å². The van der Waals surface area contributed by atoms with Crippen LogP contribution in [0.5, 0.6) is 0 Å². The first-order valence-electron chi connectivity index (χ1n) is 8.91. The van der Waals surface area contributed by atoms with Crippen molar-refractivity contribution in [1.29, 1.82) is 0 Å². The second-order valence-electron chi connectivity index (χ2n) is 6.72. The van der Waals surface area contributed by atoms with Gasteiger partial charge in [0.05, 0.1) is 5.41 Å². The highest BCUT2D eigenvalue weighted by atomic mass is 16.2. The first-order valence-corrected chi connectivity index (χ1v) is 8.91. The summed E-state index contributed by atoms with van der Waals surface area (Å²) in [6.45, 7) is 7.51. The summed E-state index contributed by atoms with van der Waals surface area (Å²) in [6, 6.07) is 10.8. The zero-order chi connectivity index (χ0) is 16.7. The highest BCUT2D eigenvalue weighted by Gasteiger charge is 2.35. The number of likely N-dealkylation sites (tertiary alicyclic amines) is 1. The van der Waals surface area contributed by atoms with Crippen molar-refractivity contribution >= 4 is 5.91 Å². The van der Waals surface area contributed by atoms with Gasteiger partial charge >= 0.3 is 0 Å². The molecule has 0 aliphatic carbocycles. The van der Waals surface area contributed by atoms with Gasteiger partial charge in [0.25, 0.3) is 0 Å². The van der Waals surface area contributed by atoms with Crippen LogP contribution in [0, 0.1) is 5.41 Å². The molecule has 1 fully saturated rings. The molecule has 1 saturated heterocycles. The number of carbonyl (C=O) groups is 1. The van der Waals surface area contributed by atoms with E-state index in [1.165, 1.54) is 5.56 Å². The fraction of sp³-hybridized carbons (Fsp3) is 0.632. The molecule has 4 heteroatoms. The fourth-order valence-corrected chi connectivity index (χ4v) is 3.45. The van der Waals surface area contributed by atoms with E-state index < -0.39 is 5.41 Å². The van der Waals surface area contributed by atoms with E-state index in [0.717, 1.165) is 45.3 Å². The second kappa shape index (κ2) is 8.46. The van der Waals surface area contributed by atoms with Gasteiger partial charge in [-0.1, -0.05) is 44.2 Å². The van der Waals surface area contributed by atoms with E-state index >= 15 is 0 Å². The molecule has 0 spiro atoms. The average Bonchev–Trinajstić information content (AvgIpc) is 2.58. The maximum atomic E-state index is 12.7. The van der Waals surface area contributed by atoms with Gasteiger partial charge in [-0.25, -0.2) is 0 Å². The minimum absolute atomic E-state index is 0.136. The number of amides is 1. The smallest absolute Gasteiger partial charge is 0.227 e. The van der Waals surface area contributed by atoms with Crippen LogP contribution in [-0.4, -0.2) is 36.5 Å². The molecule has 1 aliphatic rings. The number of hydrogen-bond donors (Lipinski definition) is 2. The van der Waals surface area contributed by atoms with Gasteiger partial charge < -0.3 is 11.1 Å². The maximum absolute atomic E-state index is 12.7. The van der Waals surface area contributed by atoms with Crippen LogP contribution in [0.4, 0.5) is 0 Å². The first kappa shape index (κ1) is 18.0. The third kappa shape index (κ3) is 4.55. The molecule has 0 aromatic heterocycles. The number of nitrogens with two attached hydrogens (primary N) is 1. The third-order valence-electron chi connectivity index (χ3n) is 5.32. The Labute approximate surface area is 140 Å². The summed E-state index contributed by atoms with van der Waals surface area (Å²) >= 11 is 0. The third-order valence-corrected chi connectivity index (χ3v) is 5.32.